The second-order valence-electron chi connectivity index (χ2n) is 11.9. The van der Waals surface area contributed by atoms with Gasteiger partial charge in [-0.15, -0.1) is 0 Å². The minimum atomic E-state index is -2.34. The average Bonchev–Trinajstić information content (AvgIpc) is 3.07. The van der Waals surface area contributed by atoms with Gasteiger partial charge in [0.15, 0.2) is 0 Å². The molecule has 2 bridgehead atoms. The average molecular weight is 477 g/mol. The third-order valence-corrected chi connectivity index (χ3v) is 15.4. The molecule has 2 aromatic carbocycles. The Hall–Kier alpha value is -1.96. The molecule has 0 aromatic heterocycles. The number of carbonyl (C=O) groups is 1. The molecule has 1 N–H and O–H groups in total. The molecular formula is C28H38NO2Si2. The Balaban J connectivity index is 2.19. The number of hydrogen-bond donors (Lipinski definition) is 0. The van der Waals surface area contributed by atoms with Crippen molar-refractivity contribution >= 4 is 39.0 Å². The van der Waals surface area contributed by atoms with Crippen molar-refractivity contribution in [3.05, 3.63) is 51.1 Å². The van der Waals surface area contributed by atoms with E-state index in [0.29, 0.717) is 5.56 Å². The molecule has 4 rings (SSSR count). The summed E-state index contributed by atoms with van der Waals surface area (Å²) in [6.45, 7) is 22.3. The summed E-state index contributed by atoms with van der Waals surface area (Å²) in [7, 11) is -4.48. The summed E-state index contributed by atoms with van der Waals surface area (Å²) in [6, 6.07) is 4.65. The largest absolute Gasteiger partial charge is 0.449 e. The highest BCUT2D eigenvalue weighted by Crippen LogP contribution is 2.42. The topological polar surface area (TPSA) is 50.1 Å². The summed E-state index contributed by atoms with van der Waals surface area (Å²) in [4.78, 5) is 13.0. The van der Waals surface area contributed by atoms with Crippen molar-refractivity contribution in [2.24, 2.45) is 0 Å². The molecule has 0 saturated carbocycles. The Morgan fingerprint density at radius 3 is 2.18 bits per heavy atom. The van der Waals surface area contributed by atoms with E-state index in [0.717, 1.165) is 34.7 Å². The molecule has 0 saturated heterocycles. The molecule has 2 aliphatic rings. The van der Waals surface area contributed by atoms with Gasteiger partial charge in [0.25, 0.3) is 5.91 Å². The van der Waals surface area contributed by atoms with Crippen LogP contribution in [-0.2, 0) is 16.0 Å². The van der Waals surface area contributed by atoms with Crippen LogP contribution in [0.15, 0.2) is 17.7 Å². The van der Waals surface area contributed by atoms with Crippen LogP contribution in [0.2, 0.25) is 26.2 Å². The third-order valence-electron chi connectivity index (χ3n) is 7.58. The number of fused-ring (bicyclic) bond motifs is 3. The zero-order valence-electron chi connectivity index (χ0n) is 22.0. The lowest BCUT2D eigenvalue weighted by molar-refractivity contribution is 0.0993. The van der Waals surface area contributed by atoms with Gasteiger partial charge in [0.2, 0.25) is 16.6 Å². The summed E-state index contributed by atoms with van der Waals surface area (Å²) in [5.74, 6) is -0.583. The van der Waals surface area contributed by atoms with Gasteiger partial charge in [0.1, 0.15) is 0 Å². The summed E-state index contributed by atoms with van der Waals surface area (Å²) >= 11 is 0. The van der Waals surface area contributed by atoms with Gasteiger partial charge in [0, 0.05) is 0 Å². The molecule has 1 amide bonds. The highest BCUT2D eigenvalue weighted by Gasteiger charge is 2.47. The normalized spacial score (nSPS) is 18.2. The van der Waals surface area contributed by atoms with Crippen molar-refractivity contribution in [3.63, 3.8) is 0 Å². The fraction of sp³-hybridized carbons (Fsp3) is 0.464. The van der Waals surface area contributed by atoms with E-state index in [9.17, 15) is 4.79 Å². The Bertz CT molecular complexity index is 1230. The lowest BCUT2D eigenvalue weighted by Crippen LogP contribution is -2.67. The molecule has 0 spiro atoms. The van der Waals surface area contributed by atoms with Crippen LogP contribution >= 0.6 is 0 Å². The molecule has 1 aliphatic heterocycles. The molecule has 1 radical (unpaired) electrons. The second-order valence-corrected chi connectivity index (χ2v) is 19.7. The van der Waals surface area contributed by atoms with Crippen LogP contribution in [0.3, 0.4) is 0 Å². The third kappa shape index (κ3) is 3.69. The zero-order chi connectivity index (χ0) is 24.7. The summed E-state index contributed by atoms with van der Waals surface area (Å²) in [5.41, 5.74) is 18.8. The minimum absolute atomic E-state index is 0.00971. The quantitative estimate of drug-likeness (QED) is 0.518. The Kier molecular flexibility index (Phi) is 5.51. The number of rotatable bonds is 3. The van der Waals surface area contributed by atoms with E-state index in [-0.39, 0.29) is 5.41 Å². The molecule has 33 heavy (non-hydrogen) atoms. The van der Waals surface area contributed by atoms with E-state index in [2.05, 4.69) is 85.9 Å². The standard InChI is InChI=1S/C28H38NO2Si2/c1-11-18-12-19-14-20(28(4,5)6)15-22(21(19)13-18)23-16(2)25-17(3)26(24(23)27(29)30)33(9,10)31-32(25,7)8/h12,14-15,29H,11,13H2,1-10H3. The fourth-order valence-electron chi connectivity index (χ4n) is 6.39. The SMILES string of the molecule is CCC1=Cc2cc(C(C)(C)C)cc(-c3c(C)c4c(C)c(c3C([NH])=O)[Si](C)(C)O[Si]4(C)C)c2C1. The molecule has 175 valence electrons. The van der Waals surface area contributed by atoms with Gasteiger partial charge in [0.05, 0.1) is 5.56 Å². The zero-order valence-corrected chi connectivity index (χ0v) is 24.0. The Morgan fingerprint density at radius 2 is 1.64 bits per heavy atom. The monoisotopic (exact) mass is 476 g/mol. The van der Waals surface area contributed by atoms with Crippen molar-refractivity contribution in [2.45, 2.75) is 86.0 Å². The first-order chi connectivity index (χ1) is 15.1. The van der Waals surface area contributed by atoms with Gasteiger partial charge in [-0.05, 0) is 108 Å². The van der Waals surface area contributed by atoms with Crippen LogP contribution in [-0.4, -0.2) is 22.5 Å². The van der Waals surface area contributed by atoms with Crippen molar-refractivity contribution in [3.8, 4) is 11.1 Å². The van der Waals surface area contributed by atoms with E-state index in [4.69, 9.17) is 9.85 Å². The van der Waals surface area contributed by atoms with Crippen molar-refractivity contribution in [1.29, 1.82) is 0 Å². The van der Waals surface area contributed by atoms with Crippen LogP contribution in [0.5, 0.6) is 0 Å². The first-order valence-electron chi connectivity index (χ1n) is 12.1. The number of nitrogens with one attached hydrogen (secondary N) is 1. The minimum Gasteiger partial charge on any atom is -0.449 e. The molecular weight excluding hydrogens is 438 g/mol. The first-order valence-corrected chi connectivity index (χ1v) is 17.9. The first kappa shape index (κ1) is 24.2. The van der Waals surface area contributed by atoms with Gasteiger partial charge in [-0.3, -0.25) is 10.5 Å². The van der Waals surface area contributed by atoms with Gasteiger partial charge in [-0.25, -0.2) is 0 Å². The van der Waals surface area contributed by atoms with Crippen molar-refractivity contribution < 1.29 is 8.91 Å². The fourth-order valence-corrected chi connectivity index (χ4v) is 16.4. The molecule has 3 nitrogen and oxygen atoms in total. The smallest absolute Gasteiger partial charge is 0.270 e. The highest BCUT2D eigenvalue weighted by molar-refractivity contribution is 7.00. The highest BCUT2D eigenvalue weighted by atomic mass is 28.4. The summed E-state index contributed by atoms with van der Waals surface area (Å²) in [6.07, 6.45) is 4.29. The molecule has 1 heterocycles. The predicted octanol–water partition coefficient (Wildman–Crippen LogP) is 5.89. The maximum Gasteiger partial charge on any atom is 0.270 e. The number of carbonyl (C=O) groups excluding carboxylic acids is 1. The van der Waals surface area contributed by atoms with Gasteiger partial charge in [-0.1, -0.05) is 51.5 Å². The molecule has 0 atom stereocenters. The molecule has 0 fully saturated rings. The van der Waals surface area contributed by atoms with Crippen LogP contribution in [0.4, 0.5) is 0 Å². The number of hydrogen-bond acceptors (Lipinski definition) is 2. The van der Waals surface area contributed by atoms with E-state index < -0.39 is 22.5 Å². The van der Waals surface area contributed by atoms with Gasteiger partial charge >= 0.3 is 0 Å². The molecule has 1 aliphatic carbocycles. The summed E-state index contributed by atoms with van der Waals surface area (Å²) in [5, 5.41) is 2.36. The lowest BCUT2D eigenvalue weighted by atomic mass is 9.80. The lowest BCUT2D eigenvalue weighted by Gasteiger charge is -2.44. The van der Waals surface area contributed by atoms with E-state index in [1.807, 2.05) is 0 Å². The van der Waals surface area contributed by atoms with E-state index in [1.54, 1.807) is 0 Å². The van der Waals surface area contributed by atoms with Crippen LogP contribution in [0.1, 0.15) is 72.3 Å². The van der Waals surface area contributed by atoms with E-state index >= 15 is 0 Å². The van der Waals surface area contributed by atoms with Crippen LogP contribution in [0, 0.1) is 13.8 Å². The predicted molar refractivity (Wildman–Crippen MR) is 145 cm³/mol. The number of allylic oxidation sites excluding steroid dienone is 1. The maximum absolute atomic E-state index is 13.0. The Labute approximate surface area is 201 Å². The Morgan fingerprint density at radius 1 is 1.03 bits per heavy atom. The maximum atomic E-state index is 13.0. The van der Waals surface area contributed by atoms with Crippen LogP contribution < -0.4 is 16.1 Å². The van der Waals surface area contributed by atoms with E-state index in [1.165, 1.54) is 33.0 Å². The summed E-state index contributed by atoms with van der Waals surface area (Å²) < 4.78 is 6.82. The van der Waals surface area contributed by atoms with Gasteiger partial charge < -0.3 is 4.12 Å². The van der Waals surface area contributed by atoms with Gasteiger partial charge in [-0.2, -0.15) is 0 Å². The van der Waals surface area contributed by atoms with Crippen LogP contribution in [0.25, 0.3) is 17.2 Å². The van der Waals surface area contributed by atoms with Crippen molar-refractivity contribution in [1.82, 2.24) is 5.73 Å². The number of amides is 1. The molecule has 0 unspecified atom stereocenters. The second kappa shape index (κ2) is 7.52. The molecule has 2 aromatic rings. The molecule has 5 heteroatoms. The number of benzene rings is 2. The van der Waals surface area contributed by atoms with Crippen molar-refractivity contribution in [2.75, 3.05) is 0 Å².